The summed E-state index contributed by atoms with van der Waals surface area (Å²) >= 11 is 2.44. The Balaban J connectivity index is 3.84. The van der Waals surface area contributed by atoms with E-state index in [-0.39, 0.29) is 0 Å². The molecule has 68 valence electrons. The largest absolute Gasteiger partial charge is 0.420 e. The molecule has 0 saturated carbocycles. The van der Waals surface area contributed by atoms with E-state index in [2.05, 4.69) is 36.4 Å². The summed E-state index contributed by atoms with van der Waals surface area (Å²) in [7, 11) is 0.652. The van der Waals surface area contributed by atoms with Crippen LogP contribution in [0.15, 0.2) is 0 Å². The van der Waals surface area contributed by atoms with Crippen LogP contribution >= 0.6 is 22.6 Å². The Morgan fingerprint density at radius 2 is 1.82 bits per heavy atom. The van der Waals surface area contributed by atoms with Crippen LogP contribution in [-0.4, -0.2) is 19.9 Å². The molecule has 0 bridgehead atoms. The molecule has 0 aliphatic heterocycles. The van der Waals surface area contributed by atoms with Crippen molar-refractivity contribution in [3.8, 4) is 0 Å². The van der Waals surface area contributed by atoms with Gasteiger partial charge in [-0.05, 0) is 29.0 Å². The van der Waals surface area contributed by atoms with Gasteiger partial charge in [-0.15, -0.1) is 0 Å². The third-order valence-corrected chi connectivity index (χ3v) is 7.96. The second kappa shape index (κ2) is 6.43. The Bertz CT molecular complexity index is 85.8. The summed E-state index contributed by atoms with van der Waals surface area (Å²) < 4.78 is 6.95. The fourth-order valence-corrected chi connectivity index (χ4v) is 5.29. The van der Waals surface area contributed by atoms with Crippen LogP contribution in [0.1, 0.15) is 20.3 Å². The lowest BCUT2D eigenvalue weighted by Gasteiger charge is -2.26. The van der Waals surface area contributed by atoms with Gasteiger partial charge < -0.3 is 4.43 Å². The molecule has 11 heavy (non-hydrogen) atoms. The summed E-state index contributed by atoms with van der Waals surface area (Å²) in [4.78, 5) is 0. The van der Waals surface area contributed by atoms with E-state index < -0.39 is 8.32 Å². The Labute approximate surface area is 85.2 Å². The highest BCUT2D eigenvalue weighted by Crippen LogP contribution is 2.23. The molecule has 0 spiro atoms. The van der Waals surface area contributed by atoms with Crippen molar-refractivity contribution in [3.05, 3.63) is 0 Å². The molecule has 0 fully saturated rings. The van der Waals surface area contributed by atoms with Gasteiger partial charge in [0.1, 0.15) is 0 Å². The fraction of sp³-hybridized carbons (Fsp3) is 1.00. The van der Waals surface area contributed by atoms with Crippen molar-refractivity contribution < 1.29 is 4.43 Å². The van der Waals surface area contributed by atoms with Crippen LogP contribution in [0.3, 0.4) is 0 Å². The smallest absolute Gasteiger partial charge is 0.191 e. The summed E-state index contributed by atoms with van der Waals surface area (Å²) in [6.45, 7) is 4.54. The molecule has 0 saturated heterocycles. The van der Waals surface area contributed by atoms with Crippen LogP contribution in [0.25, 0.3) is 0 Å². The van der Waals surface area contributed by atoms with Crippen molar-refractivity contribution in [3.63, 3.8) is 0 Å². The van der Waals surface area contributed by atoms with Crippen molar-refractivity contribution in [1.82, 2.24) is 0 Å². The van der Waals surface area contributed by atoms with Crippen LogP contribution in [0.4, 0.5) is 0 Å². The van der Waals surface area contributed by atoms with Gasteiger partial charge >= 0.3 is 0 Å². The van der Waals surface area contributed by atoms with Crippen molar-refractivity contribution in [2.45, 2.75) is 38.4 Å². The van der Waals surface area contributed by atoms with Gasteiger partial charge in [0.25, 0.3) is 0 Å². The molecule has 0 aromatic heterocycles. The zero-order chi connectivity index (χ0) is 8.74. The van der Waals surface area contributed by atoms with Gasteiger partial charge in [-0.2, -0.15) is 0 Å². The molecule has 3 heteroatoms. The predicted octanol–water partition coefficient (Wildman–Crippen LogP) is 3.44. The predicted molar refractivity (Wildman–Crippen MR) is 62.0 cm³/mol. The van der Waals surface area contributed by atoms with E-state index in [4.69, 9.17) is 4.43 Å². The number of rotatable bonds is 6. The molecule has 0 aromatic carbocycles. The summed E-state index contributed by atoms with van der Waals surface area (Å²) in [6, 6.07) is 3.90. The molecule has 0 aromatic rings. The van der Waals surface area contributed by atoms with E-state index in [0.29, 0.717) is 0 Å². The quantitative estimate of drug-likeness (QED) is 0.413. The van der Waals surface area contributed by atoms with Crippen molar-refractivity contribution >= 4 is 30.9 Å². The van der Waals surface area contributed by atoms with Gasteiger partial charge in [0, 0.05) is 7.11 Å². The third-order valence-electron chi connectivity index (χ3n) is 2.49. The standard InChI is InChI=1S/C8H19IOSi/c1-4-11(5-2,10-3)8-6-7-9/h4-8H2,1-3H3. The average Bonchev–Trinajstić information content (AvgIpc) is 2.08. The maximum absolute atomic E-state index is 5.67. The summed E-state index contributed by atoms with van der Waals surface area (Å²) in [5, 5.41) is 0. The van der Waals surface area contributed by atoms with Crippen LogP contribution in [0.2, 0.25) is 18.1 Å². The normalized spacial score (nSPS) is 12.0. The molecule has 1 nitrogen and oxygen atoms in total. The molecule has 0 aliphatic carbocycles. The van der Waals surface area contributed by atoms with Crippen molar-refractivity contribution in [1.29, 1.82) is 0 Å². The number of alkyl halides is 1. The van der Waals surface area contributed by atoms with Crippen molar-refractivity contribution in [2.75, 3.05) is 11.5 Å². The number of hydrogen-bond acceptors (Lipinski definition) is 1. The van der Waals surface area contributed by atoms with E-state index in [9.17, 15) is 0 Å². The highest BCUT2D eigenvalue weighted by molar-refractivity contribution is 14.1. The van der Waals surface area contributed by atoms with Gasteiger partial charge in [-0.3, -0.25) is 0 Å². The van der Waals surface area contributed by atoms with E-state index in [1.165, 1.54) is 29.0 Å². The van der Waals surface area contributed by atoms with Crippen LogP contribution in [-0.2, 0) is 4.43 Å². The van der Waals surface area contributed by atoms with Crippen molar-refractivity contribution in [2.24, 2.45) is 0 Å². The van der Waals surface area contributed by atoms with Gasteiger partial charge in [-0.1, -0.05) is 36.4 Å². The minimum absolute atomic E-state index is 1.24. The molecule has 0 aliphatic rings. The topological polar surface area (TPSA) is 9.23 Å². The zero-order valence-corrected chi connectivity index (χ0v) is 11.0. The highest BCUT2D eigenvalue weighted by atomic mass is 127. The van der Waals surface area contributed by atoms with Gasteiger partial charge in [0.15, 0.2) is 8.32 Å². The van der Waals surface area contributed by atoms with Crippen LogP contribution in [0, 0.1) is 0 Å². The Hall–Kier alpha value is 0.907. The monoisotopic (exact) mass is 286 g/mol. The minimum Gasteiger partial charge on any atom is -0.420 e. The second-order valence-corrected chi connectivity index (χ2v) is 8.65. The van der Waals surface area contributed by atoms with Crippen LogP contribution in [0.5, 0.6) is 0 Å². The average molecular weight is 286 g/mol. The number of halogens is 1. The van der Waals surface area contributed by atoms with E-state index >= 15 is 0 Å². The van der Waals surface area contributed by atoms with Gasteiger partial charge in [0.2, 0.25) is 0 Å². The molecular weight excluding hydrogens is 267 g/mol. The van der Waals surface area contributed by atoms with E-state index in [0.717, 1.165) is 0 Å². The molecular formula is C8H19IOSi. The lowest BCUT2D eigenvalue weighted by Crippen LogP contribution is -2.35. The second-order valence-electron chi connectivity index (χ2n) is 2.89. The first-order chi connectivity index (χ1) is 5.24. The minimum atomic E-state index is -1.24. The number of hydrogen-bond donors (Lipinski definition) is 0. The zero-order valence-electron chi connectivity index (χ0n) is 7.82. The lowest BCUT2D eigenvalue weighted by molar-refractivity contribution is 0.391. The van der Waals surface area contributed by atoms with E-state index in [1.807, 2.05) is 7.11 Å². The molecule has 0 heterocycles. The summed E-state index contributed by atoms with van der Waals surface area (Å²) in [5.74, 6) is 0. The Morgan fingerprint density at radius 1 is 1.27 bits per heavy atom. The molecule has 0 unspecified atom stereocenters. The SMILES string of the molecule is CC[Si](CC)(CCCI)OC. The Morgan fingerprint density at radius 3 is 2.09 bits per heavy atom. The van der Waals surface area contributed by atoms with Gasteiger partial charge in [0.05, 0.1) is 0 Å². The van der Waals surface area contributed by atoms with Gasteiger partial charge in [-0.25, -0.2) is 0 Å². The fourth-order valence-electron chi connectivity index (χ4n) is 1.38. The molecule has 0 radical (unpaired) electrons. The Kier molecular flexibility index (Phi) is 6.96. The molecule has 0 rings (SSSR count). The maximum Gasteiger partial charge on any atom is 0.191 e. The summed E-state index contributed by atoms with van der Waals surface area (Å²) in [5.41, 5.74) is 0. The first kappa shape index (κ1) is 11.9. The van der Waals surface area contributed by atoms with Crippen LogP contribution < -0.4 is 0 Å². The molecule has 0 N–H and O–H groups in total. The lowest BCUT2D eigenvalue weighted by atomic mass is 10.6. The first-order valence-corrected chi connectivity index (χ1v) is 8.41. The maximum atomic E-state index is 5.67. The highest BCUT2D eigenvalue weighted by Gasteiger charge is 2.28. The summed E-state index contributed by atoms with van der Waals surface area (Å²) in [6.07, 6.45) is 1.34. The van der Waals surface area contributed by atoms with E-state index in [1.54, 1.807) is 0 Å². The third kappa shape index (κ3) is 3.89. The first-order valence-electron chi connectivity index (χ1n) is 4.35. The molecule has 0 amide bonds. The molecule has 0 atom stereocenters.